The number of nitriles is 1. The number of carbonyl (C=O) groups is 1. The van der Waals surface area contributed by atoms with Gasteiger partial charge in [0.2, 0.25) is 0 Å². The van der Waals surface area contributed by atoms with Crippen molar-refractivity contribution in [2.75, 3.05) is 11.9 Å². The van der Waals surface area contributed by atoms with Gasteiger partial charge < -0.3 is 15.7 Å². The van der Waals surface area contributed by atoms with Crippen molar-refractivity contribution < 1.29 is 9.90 Å². The molecule has 5 nitrogen and oxygen atoms in total. The summed E-state index contributed by atoms with van der Waals surface area (Å²) < 4.78 is 0. The van der Waals surface area contributed by atoms with Crippen LogP contribution in [0.4, 0.5) is 11.4 Å². The Morgan fingerprint density at radius 1 is 1.17 bits per heavy atom. The maximum Gasteiger partial charge on any atom is 0.251 e. The van der Waals surface area contributed by atoms with E-state index in [0.717, 1.165) is 11.4 Å². The van der Waals surface area contributed by atoms with Crippen LogP contribution < -0.4 is 10.6 Å². The molecule has 3 N–H and O–H groups in total. The Kier molecular flexibility index (Phi) is 4.99. The first kappa shape index (κ1) is 16.5. The second-order valence-electron chi connectivity index (χ2n) is 5.89. The van der Waals surface area contributed by atoms with Crippen molar-refractivity contribution in [3.8, 4) is 6.07 Å². The monoisotopic (exact) mass is 309 g/mol. The number of amides is 1. The van der Waals surface area contributed by atoms with Gasteiger partial charge in [0.15, 0.2) is 0 Å². The average molecular weight is 309 g/mol. The van der Waals surface area contributed by atoms with E-state index in [1.54, 1.807) is 56.3 Å². The molecule has 1 amide bonds. The Morgan fingerprint density at radius 3 is 2.48 bits per heavy atom. The molecule has 118 valence electrons. The minimum atomic E-state index is -0.673. The van der Waals surface area contributed by atoms with E-state index in [1.165, 1.54) is 0 Å². The van der Waals surface area contributed by atoms with Crippen LogP contribution >= 0.6 is 0 Å². The second kappa shape index (κ2) is 6.95. The molecule has 2 aromatic carbocycles. The van der Waals surface area contributed by atoms with Crippen molar-refractivity contribution in [3.05, 3.63) is 59.7 Å². The first-order valence-electron chi connectivity index (χ1n) is 7.24. The SMILES string of the molecule is CC(C)(CO)NC(=O)c1cccc(Nc2ccc(C#N)cc2)c1. The van der Waals surface area contributed by atoms with Gasteiger partial charge in [-0.25, -0.2) is 0 Å². The van der Waals surface area contributed by atoms with Gasteiger partial charge in [-0.2, -0.15) is 5.26 Å². The van der Waals surface area contributed by atoms with Crippen molar-refractivity contribution in [1.82, 2.24) is 5.32 Å². The minimum absolute atomic E-state index is 0.137. The molecular formula is C18H19N3O2. The van der Waals surface area contributed by atoms with Crippen LogP contribution in [0.2, 0.25) is 0 Å². The van der Waals surface area contributed by atoms with E-state index in [0.29, 0.717) is 11.1 Å². The van der Waals surface area contributed by atoms with Crippen molar-refractivity contribution in [3.63, 3.8) is 0 Å². The number of rotatable bonds is 5. The Hall–Kier alpha value is -2.84. The average Bonchev–Trinajstić information content (AvgIpc) is 2.55. The van der Waals surface area contributed by atoms with E-state index in [9.17, 15) is 9.90 Å². The third-order valence-corrected chi connectivity index (χ3v) is 3.27. The van der Waals surface area contributed by atoms with Crippen molar-refractivity contribution in [2.24, 2.45) is 0 Å². The molecule has 0 aliphatic rings. The lowest BCUT2D eigenvalue weighted by atomic mass is 10.1. The number of aliphatic hydroxyl groups excluding tert-OH is 1. The predicted molar refractivity (Wildman–Crippen MR) is 89.5 cm³/mol. The number of hydrogen-bond donors (Lipinski definition) is 3. The van der Waals surface area contributed by atoms with Crippen LogP contribution in [0.5, 0.6) is 0 Å². The van der Waals surface area contributed by atoms with Gasteiger partial charge in [-0.3, -0.25) is 4.79 Å². The number of carbonyl (C=O) groups excluding carboxylic acids is 1. The van der Waals surface area contributed by atoms with Gasteiger partial charge in [0, 0.05) is 16.9 Å². The maximum absolute atomic E-state index is 12.2. The fourth-order valence-corrected chi connectivity index (χ4v) is 1.95. The molecular weight excluding hydrogens is 290 g/mol. The third-order valence-electron chi connectivity index (χ3n) is 3.27. The van der Waals surface area contributed by atoms with Crippen LogP contribution in [-0.2, 0) is 0 Å². The first-order chi connectivity index (χ1) is 10.9. The van der Waals surface area contributed by atoms with Crippen LogP contribution in [-0.4, -0.2) is 23.2 Å². The molecule has 0 aromatic heterocycles. The van der Waals surface area contributed by atoms with E-state index >= 15 is 0 Å². The van der Waals surface area contributed by atoms with Gasteiger partial charge in [0.1, 0.15) is 0 Å². The highest BCUT2D eigenvalue weighted by molar-refractivity contribution is 5.95. The van der Waals surface area contributed by atoms with E-state index in [4.69, 9.17) is 5.26 Å². The third kappa shape index (κ3) is 4.56. The Labute approximate surface area is 135 Å². The molecule has 23 heavy (non-hydrogen) atoms. The van der Waals surface area contributed by atoms with Crippen molar-refractivity contribution in [2.45, 2.75) is 19.4 Å². The zero-order chi connectivity index (χ0) is 16.9. The normalized spacial score (nSPS) is 10.7. The molecule has 0 aliphatic carbocycles. The Morgan fingerprint density at radius 2 is 1.87 bits per heavy atom. The lowest BCUT2D eigenvalue weighted by Gasteiger charge is -2.23. The standard InChI is InChI=1S/C18H19N3O2/c1-18(2,12-22)21-17(23)14-4-3-5-16(10-14)20-15-8-6-13(11-19)7-9-15/h3-10,20,22H,12H2,1-2H3,(H,21,23). The number of benzene rings is 2. The Balaban J connectivity index is 2.13. The van der Waals surface area contributed by atoms with Crippen LogP contribution in [0.15, 0.2) is 48.5 Å². The number of hydrogen-bond acceptors (Lipinski definition) is 4. The number of aliphatic hydroxyl groups is 1. The summed E-state index contributed by atoms with van der Waals surface area (Å²) in [6.07, 6.45) is 0. The molecule has 0 atom stereocenters. The molecule has 0 aliphatic heterocycles. The van der Waals surface area contributed by atoms with E-state index in [-0.39, 0.29) is 12.5 Å². The lowest BCUT2D eigenvalue weighted by Crippen LogP contribution is -2.46. The number of anilines is 2. The number of nitrogens with one attached hydrogen (secondary N) is 2. The smallest absolute Gasteiger partial charge is 0.251 e. The van der Waals surface area contributed by atoms with E-state index in [2.05, 4.69) is 16.7 Å². The molecule has 5 heteroatoms. The highest BCUT2D eigenvalue weighted by Crippen LogP contribution is 2.18. The molecule has 0 radical (unpaired) electrons. The minimum Gasteiger partial charge on any atom is -0.394 e. The summed E-state index contributed by atoms with van der Waals surface area (Å²) in [5, 5.41) is 24.0. The highest BCUT2D eigenvalue weighted by Gasteiger charge is 2.20. The summed E-state index contributed by atoms with van der Waals surface area (Å²) in [5.41, 5.74) is 2.02. The summed E-state index contributed by atoms with van der Waals surface area (Å²) >= 11 is 0. The van der Waals surface area contributed by atoms with Crippen LogP contribution in [0.3, 0.4) is 0 Å². The summed E-state index contributed by atoms with van der Waals surface area (Å²) in [6, 6.07) is 16.2. The first-order valence-corrected chi connectivity index (χ1v) is 7.24. The molecule has 0 fully saturated rings. The molecule has 0 unspecified atom stereocenters. The molecule has 0 heterocycles. The molecule has 0 spiro atoms. The van der Waals surface area contributed by atoms with Gasteiger partial charge in [-0.15, -0.1) is 0 Å². The largest absolute Gasteiger partial charge is 0.394 e. The second-order valence-corrected chi connectivity index (χ2v) is 5.89. The van der Waals surface area contributed by atoms with Crippen LogP contribution in [0, 0.1) is 11.3 Å². The summed E-state index contributed by atoms with van der Waals surface area (Å²) in [4.78, 5) is 12.2. The van der Waals surface area contributed by atoms with Crippen LogP contribution in [0.25, 0.3) is 0 Å². The summed E-state index contributed by atoms with van der Waals surface area (Å²) in [6.45, 7) is 3.37. The number of nitrogens with zero attached hydrogens (tertiary/aromatic N) is 1. The molecule has 0 saturated carbocycles. The van der Waals surface area contributed by atoms with E-state index in [1.807, 2.05) is 6.07 Å². The van der Waals surface area contributed by atoms with Crippen molar-refractivity contribution >= 4 is 17.3 Å². The van der Waals surface area contributed by atoms with Gasteiger partial charge in [0.25, 0.3) is 5.91 Å². The van der Waals surface area contributed by atoms with Gasteiger partial charge in [-0.1, -0.05) is 6.07 Å². The molecule has 2 rings (SSSR count). The zero-order valence-electron chi connectivity index (χ0n) is 13.1. The van der Waals surface area contributed by atoms with E-state index < -0.39 is 5.54 Å². The molecule has 0 bridgehead atoms. The highest BCUT2D eigenvalue weighted by atomic mass is 16.3. The fraction of sp³-hybridized carbons (Fsp3) is 0.222. The topological polar surface area (TPSA) is 85.2 Å². The summed E-state index contributed by atoms with van der Waals surface area (Å²) in [5.74, 6) is -0.243. The predicted octanol–water partition coefficient (Wildman–Crippen LogP) is 2.80. The van der Waals surface area contributed by atoms with Gasteiger partial charge >= 0.3 is 0 Å². The fourth-order valence-electron chi connectivity index (χ4n) is 1.95. The molecule has 2 aromatic rings. The quantitative estimate of drug-likeness (QED) is 0.793. The summed E-state index contributed by atoms with van der Waals surface area (Å²) in [7, 11) is 0. The Bertz CT molecular complexity index is 731. The zero-order valence-corrected chi connectivity index (χ0v) is 13.1. The van der Waals surface area contributed by atoms with Gasteiger partial charge in [0.05, 0.1) is 23.8 Å². The lowest BCUT2D eigenvalue weighted by molar-refractivity contribution is 0.0869. The maximum atomic E-state index is 12.2. The molecule has 0 saturated heterocycles. The van der Waals surface area contributed by atoms with Crippen LogP contribution in [0.1, 0.15) is 29.8 Å². The van der Waals surface area contributed by atoms with Gasteiger partial charge in [-0.05, 0) is 56.3 Å². The van der Waals surface area contributed by atoms with Crippen molar-refractivity contribution in [1.29, 1.82) is 5.26 Å².